The standard InChI is InChI=1S/C14H23NO4/c1-10-9-14(18-7-8-19-14)5-4-11(10)15-6-2-3-12(15)13(16)17/h10-12H,2-9H2,1H3,(H,16,17)/t10?,11?,12-/m0/s1. The number of carboxylic acids is 1. The Hall–Kier alpha value is -0.650. The van der Waals surface area contributed by atoms with E-state index in [0.29, 0.717) is 25.2 Å². The van der Waals surface area contributed by atoms with Crippen LogP contribution in [0.15, 0.2) is 0 Å². The van der Waals surface area contributed by atoms with Gasteiger partial charge in [0.15, 0.2) is 5.79 Å². The second-order valence-electron chi connectivity index (χ2n) is 6.13. The summed E-state index contributed by atoms with van der Waals surface area (Å²) in [6.07, 6.45) is 4.55. The van der Waals surface area contributed by atoms with Crippen LogP contribution in [0.3, 0.4) is 0 Å². The van der Waals surface area contributed by atoms with Crippen LogP contribution in [0.1, 0.15) is 39.0 Å². The maximum Gasteiger partial charge on any atom is 0.320 e. The largest absolute Gasteiger partial charge is 0.480 e. The Labute approximate surface area is 113 Å². The van der Waals surface area contributed by atoms with Gasteiger partial charge in [-0.05, 0) is 31.7 Å². The summed E-state index contributed by atoms with van der Waals surface area (Å²) in [6, 6.07) is 0.0777. The molecule has 1 aliphatic carbocycles. The van der Waals surface area contributed by atoms with Crippen LogP contribution in [0, 0.1) is 5.92 Å². The van der Waals surface area contributed by atoms with Gasteiger partial charge in [-0.25, -0.2) is 0 Å². The van der Waals surface area contributed by atoms with Crippen LogP contribution in [-0.4, -0.2) is 53.6 Å². The lowest BCUT2D eigenvalue weighted by Gasteiger charge is -2.44. The predicted molar refractivity (Wildman–Crippen MR) is 68.8 cm³/mol. The average molecular weight is 269 g/mol. The molecule has 0 aromatic rings. The van der Waals surface area contributed by atoms with E-state index in [-0.39, 0.29) is 11.8 Å². The zero-order chi connectivity index (χ0) is 13.5. The Morgan fingerprint density at radius 3 is 2.68 bits per heavy atom. The minimum atomic E-state index is -0.668. The highest BCUT2D eigenvalue weighted by atomic mass is 16.7. The first-order valence-corrected chi connectivity index (χ1v) is 7.38. The molecule has 3 atom stereocenters. The molecule has 108 valence electrons. The maximum absolute atomic E-state index is 11.3. The monoisotopic (exact) mass is 269 g/mol. The zero-order valence-corrected chi connectivity index (χ0v) is 11.5. The molecule has 1 N–H and O–H groups in total. The van der Waals surface area contributed by atoms with E-state index in [1.165, 1.54) is 0 Å². The van der Waals surface area contributed by atoms with Crippen molar-refractivity contribution in [3.05, 3.63) is 0 Å². The quantitative estimate of drug-likeness (QED) is 0.822. The van der Waals surface area contributed by atoms with Gasteiger partial charge in [0.05, 0.1) is 13.2 Å². The van der Waals surface area contributed by atoms with Crippen molar-refractivity contribution in [1.82, 2.24) is 4.90 Å². The molecule has 0 bridgehead atoms. The summed E-state index contributed by atoms with van der Waals surface area (Å²) >= 11 is 0. The first-order valence-electron chi connectivity index (χ1n) is 7.38. The molecule has 0 radical (unpaired) electrons. The Morgan fingerprint density at radius 1 is 1.32 bits per heavy atom. The number of aliphatic carboxylic acids is 1. The van der Waals surface area contributed by atoms with E-state index in [2.05, 4.69) is 11.8 Å². The van der Waals surface area contributed by atoms with Crippen LogP contribution in [0.2, 0.25) is 0 Å². The van der Waals surface area contributed by atoms with Crippen LogP contribution >= 0.6 is 0 Å². The molecule has 2 unspecified atom stereocenters. The van der Waals surface area contributed by atoms with Crippen molar-refractivity contribution in [2.45, 2.75) is 56.9 Å². The lowest BCUT2D eigenvalue weighted by atomic mass is 9.80. The van der Waals surface area contributed by atoms with Crippen molar-refractivity contribution in [3.8, 4) is 0 Å². The van der Waals surface area contributed by atoms with E-state index >= 15 is 0 Å². The van der Waals surface area contributed by atoms with E-state index in [9.17, 15) is 9.90 Å². The van der Waals surface area contributed by atoms with Crippen molar-refractivity contribution < 1.29 is 19.4 Å². The number of carbonyl (C=O) groups is 1. The molecule has 3 fully saturated rings. The molecule has 5 heteroatoms. The van der Waals surface area contributed by atoms with E-state index in [1.807, 2.05) is 0 Å². The van der Waals surface area contributed by atoms with Gasteiger partial charge in [0, 0.05) is 18.9 Å². The summed E-state index contributed by atoms with van der Waals surface area (Å²) in [7, 11) is 0. The van der Waals surface area contributed by atoms with Crippen molar-refractivity contribution >= 4 is 5.97 Å². The molecular weight excluding hydrogens is 246 g/mol. The highest BCUT2D eigenvalue weighted by Gasteiger charge is 2.47. The Balaban J connectivity index is 1.68. The van der Waals surface area contributed by atoms with Gasteiger partial charge < -0.3 is 14.6 Å². The van der Waals surface area contributed by atoms with E-state index in [0.717, 1.165) is 38.6 Å². The molecule has 1 saturated carbocycles. The number of rotatable bonds is 2. The third kappa shape index (κ3) is 2.39. The third-order valence-corrected chi connectivity index (χ3v) is 4.93. The number of carboxylic acid groups (broad SMARTS) is 1. The smallest absolute Gasteiger partial charge is 0.320 e. The van der Waals surface area contributed by atoms with Gasteiger partial charge in [-0.1, -0.05) is 6.92 Å². The van der Waals surface area contributed by atoms with Crippen LogP contribution in [0.4, 0.5) is 0 Å². The third-order valence-electron chi connectivity index (χ3n) is 4.93. The molecule has 2 aliphatic heterocycles. The summed E-state index contributed by atoms with van der Waals surface area (Å²) in [5, 5.41) is 9.31. The van der Waals surface area contributed by atoms with Crippen molar-refractivity contribution in [2.75, 3.05) is 19.8 Å². The van der Waals surface area contributed by atoms with Crippen LogP contribution in [0.25, 0.3) is 0 Å². The van der Waals surface area contributed by atoms with Gasteiger partial charge in [-0.2, -0.15) is 0 Å². The predicted octanol–water partition coefficient (Wildman–Crippen LogP) is 1.47. The van der Waals surface area contributed by atoms with Gasteiger partial charge in [0.25, 0.3) is 0 Å². The SMILES string of the molecule is CC1CC2(CCC1N1CCC[C@H]1C(=O)O)OCCO2. The van der Waals surface area contributed by atoms with Crippen molar-refractivity contribution in [1.29, 1.82) is 0 Å². The molecule has 5 nitrogen and oxygen atoms in total. The van der Waals surface area contributed by atoms with E-state index < -0.39 is 5.97 Å². The molecule has 0 amide bonds. The van der Waals surface area contributed by atoms with Crippen LogP contribution in [0.5, 0.6) is 0 Å². The van der Waals surface area contributed by atoms with Gasteiger partial charge in [0.2, 0.25) is 0 Å². The number of ether oxygens (including phenoxy) is 2. The van der Waals surface area contributed by atoms with Gasteiger partial charge in [0.1, 0.15) is 6.04 Å². The molecule has 2 heterocycles. The zero-order valence-electron chi connectivity index (χ0n) is 11.5. The van der Waals surface area contributed by atoms with Gasteiger partial charge in [-0.3, -0.25) is 9.69 Å². The van der Waals surface area contributed by atoms with E-state index in [4.69, 9.17) is 9.47 Å². The lowest BCUT2D eigenvalue weighted by molar-refractivity contribution is -0.196. The fourth-order valence-electron chi connectivity index (χ4n) is 4.08. The normalized spacial score (nSPS) is 38.9. The highest BCUT2D eigenvalue weighted by Crippen LogP contribution is 2.42. The minimum absolute atomic E-state index is 0.285. The fourth-order valence-corrected chi connectivity index (χ4v) is 4.08. The summed E-state index contributed by atoms with van der Waals surface area (Å²) in [6.45, 7) is 4.51. The molecule has 0 aromatic heterocycles. The lowest BCUT2D eigenvalue weighted by Crippen LogP contribution is -2.52. The second kappa shape index (κ2) is 5.04. The van der Waals surface area contributed by atoms with Crippen molar-refractivity contribution in [3.63, 3.8) is 0 Å². The summed E-state index contributed by atoms with van der Waals surface area (Å²) in [4.78, 5) is 13.5. The molecule has 19 heavy (non-hydrogen) atoms. The molecule has 0 aromatic carbocycles. The number of hydrogen-bond donors (Lipinski definition) is 1. The van der Waals surface area contributed by atoms with Gasteiger partial charge in [-0.15, -0.1) is 0 Å². The number of nitrogens with zero attached hydrogens (tertiary/aromatic N) is 1. The Morgan fingerprint density at radius 2 is 2.05 bits per heavy atom. The molecule has 1 spiro atoms. The minimum Gasteiger partial charge on any atom is -0.480 e. The Kier molecular flexibility index (Phi) is 3.53. The molecule has 3 rings (SSSR count). The number of hydrogen-bond acceptors (Lipinski definition) is 4. The Bertz CT molecular complexity index is 353. The van der Waals surface area contributed by atoms with Gasteiger partial charge >= 0.3 is 5.97 Å². The van der Waals surface area contributed by atoms with Crippen LogP contribution in [-0.2, 0) is 14.3 Å². The fraction of sp³-hybridized carbons (Fsp3) is 0.929. The van der Waals surface area contributed by atoms with E-state index in [1.54, 1.807) is 0 Å². The maximum atomic E-state index is 11.3. The topological polar surface area (TPSA) is 59.0 Å². The summed E-state index contributed by atoms with van der Waals surface area (Å²) in [5.74, 6) is -0.612. The first-order chi connectivity index (χ1) is 9.11. The van der Waals surface area contributed by atoms with Crippen LogP contribution < -0.4 is 0 Å². The summed E-state index contributed by atoms with van der Waals surface area (Å²) in [5.41, 5.74) is 0. The number of likely N-dealkylation sites (tertiary alicyclic amines) is 1. The molecule has 3 aliphatic rings. The highest BCUT2D eigenvalue weighted by molar-refractivity contribution is 5.73. The molecule has 2 saturated heterocycles. The molecular formula is C14H23NO4. The van der Waals surface area contributed by atoms with Crippen molar-refractivity contribution in [2.24, 2.45) is 5.92 Å². The second-order valence-corrected chi connectivity index (χ2v) is 6.13. The first kappa shape index (κ1) is 13.3. The average Bonchev–Trinajstić information content (AvgIpc) is 2.99. The summed E-state index contributed by atoms with van der Waals surface area (Å²) < 4.78 is 11.6.